The van der Waals surface area contributed by atoms with Gasteiger partial charge in [-0.1, -0.05) is 36.8 Å². The Morgan fingerprint density at radius 1 is 1.20 bits per heavy atom. The molecule has 25 heavy (non-hydrogen) atoms. The molecule has 136 valence electrons. The Morgan fingerprint density at radius 3 is 2.80 bits per heavy atom. The minimum absolute atomic E-state index is 0.419. The fraction of sp³-hybridized carbons (Fsp3) is 0.579. The van der Waals surface area contributed by atoms with Crippen LogP contribution >= 0.6 is 12.2 Å². The van der Waals surface area contributed by atoms with Gasteiger partial charge in [0.2, 0.25) is 0 Å². The first-order valence-electron chi connectivity index (χ1n) is 9.39. The van der Waals surface area contributed by atoms with Crippen molar-refractivity contribution in [2.75, 3.05) is 39.4 Å². The van der Waals surface area contributed by atoms with Gasteiger partial charge in [0, 0.05) is 11.6 Å². The van der Waals surface area contributed by atoms with Gasteiger partial charge in [-0.15, -0.1) is 0 Å². The lowest BCUT2D eigenvalue weighted by Gasteiger charge is -2.25. The SMILES string of the molecule is S=C(NCC[NH+]1CCOCC1)N/N=C1/CCCC[C@H]1c1ccccc1. The van der Waals surface area contributed by atoms with E-state index in [0.717, 1.165) is 45.8 Å². The second-order valence-electron chi connectivity index (χ2n) is 6.79. The molecule has 2 fully saturated rings. The summed E-state index contributed by atoms with van der Waals surface area (Å²) >= 11 is 5.38. The molecule has 0 amide bonds. The number of hydrogen-bond acceptors (Lipinski definition) is 3. The predicted octanol–water partition coefficient (Wildman–Crippen LogP) is 1.08. The fourth-order valence-electron chi connectivity index (χ4n) is 3.60. The van der Waals surface area contributed by atoms with E-state index in [9.17, 15) is 0 Å². The van der Waals surface area contributed by atoms with Crippen LogP contribution in [-0.2, 0) is 4.74 Å². The minimum atomic E-state index is 0.419. The first kappa shape index (κ1) is 18.3. The Labute approximate surface area is 155 Å². The zero-order valence-corrected chi connectivity index (χ0v) is 15.6. The highest BCUT2D eigenvalue weighted by Crippen LogP contribution is 2.30. The van der Waals surface area contributed by atoms with E-state index in [2.05, 4.69) is 46.2 Å². The van der Waals surface area contributed by atoms with E-state index in [-0.39, 0.29) is 0 Å². The molecule has 0 spiro atoms. The normalized spacial score (nSPS) is 23.4. The van der Waals surface area contributed by atoms with Gasteiger partial charge in [-0.3, -0.25) is 5.43 Å². The second-order valence-corrected chi connectivity index (χ2v) is 7.20. The molecule has 1 heterocycles. The molecule has 1 aliphatic heterocycles. The Hall–Kier alpha value is -1.50. The van der Waals surface area contributed by atoms with Crippen LogP contribution in [0.3, 0.4) is 0 Å². The monoisotopic (exact) mass is 361 g/mol. The summed E-state index contributed by atoms with van der Waals surface area (Å²) in [5, 5.41) is 8.54. The zero-order chi connectivity index (χ0) is 17.3. The molecule has 1 saturated carbocycles. The third-order valence-corrected chi connectivity index (χ3v) is 5.28. The largest absolute Gasteiger partial charge is 0.370 e. The minimum Gasteiger partial charge on any atom is -0.370 e. The lowest BCUT2D eigenvalue weighted by molar-refractivity contribution is -0.906. The highest BCUT2D eigenvalue weighted by molar-refractivity contribution is 7.80. The van der Waals surface area contributed by atoms with Crippen LogP contribution in [0.1, 0.15) is 37.2 Å². The van der Waals surface area contributed by atoms with E-state index in [1.807, 2.05) is 0 Å². The van der Waals surface area contributed by atoms with E-state index in [1.165, 1.54) is 30.5 Å². The van der Waals surface area contributed by atoms with Crippen LogP contribution in [0.5, 0.6) is 0 Å². The molecule has 6 heteroatoms. The molecule has 0 unspecified atom stereocenters. The van der Waals surface area contributed by atoms with Crippen molar-refractivity contribution in [2.45, 2.75) is 31.6 Å². The molecule has 1 aromatic carbocycles. The number of hydrogen-bond donors (Lipinski definition) is 3. The summed E-state index contributed by atoms with van der Waals surface area (Å²) in [5.74, 6) is 0.419. The molecule has 1 aliphatic carbocycles. The Morgan fingerprint density at radius 2 is 2.00 bits per heavy atom. The molecule has 3 rings (SSSR count). The Balaban J connectivity index is 1.46. The van der Waals surface area contributed by atoms with Crippen LogP contribution in [0.15, 0.2) is 35.4 Å². The number of thiocarbonyl (C=S) groups is 1. The van der Waals surface area contributed by atoms with Gasteiger partial charge in [-0.25, -0.2) is 0 Å². The highest BCUT2D eigenvalue weighted by Gasteiger charge is 2.22. The molecule has 0 aromatic heterocycles. The fourth-order valence-corrected chi connectivity index (χ4v) is 3.75. The maximum Gasteiger partial charge on any atom is 0.187 e. The van der Waals surface area contributed by atoms with Crippen molar-refractivity contribution in [1.82, 2.24) is 10.7 Å². The smallest absolute Gasteiger partial charge is 0.187 e. The number of nitrogens with one attached hydrogen (secondary N) is 3. The summed E-state index contributed by atoms with van der Waals surface area (Å²) in [7, 11) is 0. The van der Waals surface area contributed by atoms with Crippen molar-refractivity contribution in [1.29, 1.82) is 0 Å². The summed E-state index contributed by atoms with van der Waals surface area (Å²) in [5.41, 5.74) is 5.65. The van der Waals surface area contributed by atoms with Crippen LogP contribution in [-0.4, -0.2) is 50.2 Å². The number of rotatable bonds is 5. The van der Waals surface area contributed by atoms with Crippen molar-refractivity contribution in [3.63, 3.8) is 0 Å². The van der Waals surface area contributed by atoms with Crippen LogP contribution in [0.2, 0.25) is 0 Å². The first-order chi connectivity index (χ1) is 12.3. The number of morpholine rings is 1. The van der Waals surface area contributed by atoms with E-state index in [1.54, 1.807) is 4.90 Å². The van der Waals surface area contributed by atoms with E-state index >= 15 is 0 Å². The molecule has 0 bridgehead atoms. The quantitative estimate of drug-likeness (QED) is 0.543. The standard InChI is InChI=1S/C19H28N4OS/c25-19(20-10-11-23-12-14-24-15-13-23)22-21-18-9-5-4-8-17(18)16-6-2-1-3-7-16/h1-3,6-7,17H,4-5,8-15H2,(H2,20,22,25)/p+1/b21-18-/t17-/m0/s1. The van der Waals surface area contributed by atoms with Gasteiger partial charge in [0.1, 0.15) is 13.1 Å². The van der Waals surface area contributed by atoms with Gasteiger partial charge in [-0.05, 0) is 37.0 Å². The van der Waals surface area contributed by atoms with Crippen molar-refractivity contribution in [3.05, 3.63) is 35.9 Å². The van der Waals surface area contributed by atoms with Gasteiger partial charge in [0.25, 0.3) is 0 Å². The topological polar surface area (TPSA) is 50.1 Å². The van der Waals surface area contributed by atoms with Crippen molar-refractivity contribution in [3.8, 4) is 0 Å². The van der Waals surface area contributed by atoms with Gasteiger partial charge in [0.15, 0.2) is 5.11 Å². The zero-order valence-electron chi connectivity index (χ0n) is 14.8. The van der Waals surface area contributed by atoms with E-state index in [4.69, 9.17) is 17.0 Å². The van der Waals surface area contributed by atoms with E-state index < -0.39 is 0 Å². The molecule has 1 aromatic rings. The third-order valence-electron chi connectivity index (χ3n) is 5.04. The summed E-state index contributed by atoms with van der Waals surface area (Å²) in [6.07, 6.45) is 4.70. The number of quaternary nitrogens is 1. The third kappa shape index (κ3) is 5.76. The highest BCUT2D eigenvalue weighted by atomic mass is 32.1. The molecule has 3 N–H and O–H groups in total. The molecule has 1 atom stereocenters. The molecular weight excluding hydrogens is 332 g/mol. The van der Waals surface area contributed by atoms with Crippen LogP contribution < -0.4 is 15.6 Å². The number of nitrogens with zero attached hydrogens (tertiary/aromatic N) is 1. The van der Waals surface area contributed by atoms with Crippen LogP contribution in [0.4, 0.5) is 0 Å². The van der Waals surface area contributed by atoms with E-state index in [0.29, 0.717) is 11.0 Å². The number of benzene rings is 1. The summed E-state index contributed by atoms with van der Waals surface area (Å²) in [6, 6.07) is 10.7. The van der Waals surface area contributed by atoms with Gasteiger partial charge in [0.05, 0.1) is 26.3 Å². The number of hydrazone groups is 1. The lowest BCUT2D eigenvalue weighted by Crippen LogP contribution is -3.14. The molecular formula is C19H29N4OS+. The van der Waals surface area contributed by atoms with Gasteiger partial charge >= 0.3 is 0 Å². The average molecular weight is 362 g/mol. The van der Waals surface area contributed by atoms with Gasteiger partial charge < -0.3 is 15.0 Å². The molecule has 0 radical (unpaired) electrons. The summed E-state index contributed by atoms with van der Waals surface area (Å²) < 4.78 is 5.38. The number of ether oxygens (including phenoxy) is 1. The van der Waals surface area contributed by atoms with Crippen molar-refractivity contribution >= 4 is 23.0 Å². The average Bonchev–Trinajstić information content (AvgIpc) is 2.68. The molecule has 5 nitrogen and oxygen atoms in total. The Bertz CT molecular complexity index is 572. The summed E-state index contributed by atoms with van der Waals surface area (Å²) in [6.45, 7) is 5.84. The van der Waals surface area contributed by atoms with Gasteiger partial charge in [-0.2, -0.15) is 5.10 Å². The maximum atomic E-state index is 5.38. The second kappa shape index (κ2) is 9.85. The lowest BCUT2D eigenvalue weighted by atomic mass is 9.82. The van der Waals surface area contributed by atoms with Crippen molar-refractivity contribution in [2.24, 2.45) is 5.10 Å². The first-order valence-corrected chi connectivity index (χ1v) is 9.80. The maximum absolute atomic E-state index is 5.38. The Kier molecular flexibility index (Phi) is 7.21. The van der Waals surface area contributed by atoms with Crippen LogP contribution in [0, 0.1) is 0 Å². The molecule has 1 saturated heterocycles. The van der Waals surface area contributed by atoms with Crippen molar-refractivity contribution < 1.29 is 9.64 Å². The van der Waals surface area contributed by atoms with Crippen LogP contribution in [0.25, 0.3) is 0 Å². The summed E-state index contributed by atoms with van der Waals surface area (Å²) in [4.78, 5) is 1.57. The molecule has 2 aliphatic rings. The predicted molar refractivity (Wildman–Crippen MR) is 105 cm³/mol.